The molecule has 0 bridgehead atoms. The largest absolute Gasteiger partial charge is 0.474 e. The Bertz CT molecular complexity index is 3760. The number of carbonyl (C=O) groups is 2. The quantitative estimate of drug-likeness (QED) is 0.0210. The second-order valence-corrected chi connectivity index (χ2v) is 26.3. The Morgan fingerprint density at radius 1 is 0.422 bits per heavy atom. The molecule has 3 aliphatic heterocycles. The van der Waals surface area contributed by atoms with Crippen LogP contribution in [-0.4, -0.2) is 140 Å². The average Bonchev–Trinajstić information content (AvgIpc) is 0.765. The highest BCUT2D eigenvalue weighted by molar-refractivity contribution is 7.47. The summed E-state index contributed by atoms with van der Waals surface area (Å²) in [5.74, 6) is -0.474. The molecule has 0 aromatic heterocycles. The number of aliphatic hydroxyl groups excluding tert-OH is 1. The molecule has 540 valence electrons. The fourth-order valence-electron chi connectivity index (χ4n) is 12.2. The summed E-state index contributed by atoms with van der Waals surface area (Å²) in [5.41, 5.74) is 6.42. The third-order valence-electron chi connectivity index (χ3n) is 17.2. The molecule has 8 aromatic carbocycles. The molecule has 3 heterocycles. The number of hydrogen-bond acceptors (Lipinski definition) is 19. The first-order chi connectivity index (χ1) is 49.9. The SMILES string of the molecule is CC(=O)N[C@@H]1[C@H](O[C@H]2[C@H](OCc3ccccc3)[C@@H](OCc3ccccc3)[C@@H](O[C@H]3[C@H](OP(=O)(O)OCCNC(=O)OCc4ccccc4)O[C@@H](C)[C@H](OCc4ccccc4)[C@H]3OCc3ccccc3)O[C@@H]2COCc2ccccc2)O[C@H](COCc2ccccc2)[C@@H](O)[C@@H]1OCc1ccccc1. The van der Waals surface area contributed by atoms with E-state index in [1.807, 2.05) is 243 Å². The van der Waals surface area contributed by atoms with Gasteiger partial charge in [0.1, 0.15) is 73.7 Å². The van der Waals surface area contributed by atoms with Crippen LogP contribution in [0.1, 0.15) is 58.4 Å². The zero-order valence-electron chi connectivity index (χ0n) is 56.9. The summed E-state index contributed by atoms with van der Waals surface area (Å²) in [6.07, 6.45) is -19.0. The third-order valence-corrected chi connectivity index (χ3v) is 18.2. The highest BCUT2D eigenvalue weighted by Crippen LogP contribution is 2.48. The molecule has 11 rings (SSSR count). The summed E-state index contributed by atoms with van der Waals surface area (Å²) in [7, 11) is -5.19. The van der Waals surface area contributed by atoms with Crippen LogP contribution in [0.5, 0.6) is 0 Å². The van der Waals surface area contributed by atoms with Gasteiger partial charge in [0.25, 0.3) is 0 Å². The number of amides is 2. The van der Waals surface area contributed by atoms with E-state index in [1.165, 1.54) is 6.92 Å². The number of aliphatic hydroxyl groups is 1. The van der Waals surface area contributed by atoms with Crippen LogP contribution >= 0.6 is 7.82 Å². The molecule has 22 nitrogen and oxygen atoms in total. The Balaban J connectivity index is 0.987. The van der Waals surface area contributed by atoms with Crippen molar-refractivity contribution in [1.29, 1.82) is 0 Å². The van der Waals surface area contributed by atoms with Gasteiger partial charge in [0.15, 0.2) is 18.9 Å². The van der Waals surface area contributed by atoms with Crippen molar-refractivity contribution in [3.8, 4) is 0 Å². The van der Waals surface area contributed by atoms with Gasteiger partial charge in [-0.2, -0.15) is 0 Å². The Morgan fingerprint density at radius 2 is 0.784 bits per heavy atom. The number of ether oxygens (including phenoxy) is 13. The number of hydrogen-bond donors (Lipinski definition) is 4. The van der Waals surface area contributed by atoms with E-state index in [1.54, 1.807) is 6.92 Å². The normalized spacial score (nSPS) is 25.5. The number of phosphoric ester groups is 1. The van der Waals surface area contributed by atoms with Crippen molar-refractivity contribution in [2.75, 3.05) is 26.4 Å². The van der Waals surface area contributed by atoms with Crippen LogP contribution in [0.4, 0.5) is 4.79 Å². The summed E-state index contributed by atoms with van der Waals surface area (Å²) in [4.78, 5) is 38.2. The fraction of sp³-hybridized carbons (Fsp3) is 0.367. The number of phosphoric acid groups is 1. The zero-order valence-corrected chi connectivity index (χ0v) is 57.8. The van der Waals surface area contributed by atoms with Crippen LogP contribution in [-0.2, 0) is 133 Å². The van der Waals surface area contributed by atoms with Crippen LogP contribution in [0.2, 0.25) is 0 Å². The van der Waals surface area contributed by atoms with E-state index in [0.717, 1.165) is 44.5 Å². The highest BCUT2D eigenvalue weighted by atomic mass is 31.2. The molecule has 23 heteroatoms. The Morgan fingerprint density at radius 3 is 1.23 bits per heavy atom. The molecule has 8 aromatic rings. The second-order valence-electron chi connectivity index (χ2n) is 24.9. The first-order valence-electron chi connectivity index (χ1n) is 34.2. The Labute approximate surface area is 594 Å². The fourth-order valence-corrected chi connectivity index (χ4v) is 13.0. The zero-order chi connectivity index (χ0) is 70.7. The van der Waals surface area contributed by atoms with E-state index >= 15 is 0 Å². The van der Waals surface area contributed by atoms with Crippen molar-refractivity contribution in [3.05, 3.63) is 287 Å². The summed E-state index contributed by atoms with van der Waals surface area (Å²) < 4.78 is 115. The number of alkyl carbamates (subject to hydrolysis) is 1. The molecule has 16 atom stereocenters. The molecule has 1 unspecified atom stereocenters. The summed E-state index contributed by atoms with van der Waals surface area (Å²) in [6.45, 7) is 2.29. The number of benzene rings is 8. The molecule has 0 radical (unpaired) electrons. The van der Waals surface area contributed by atoms with Gasteiger partial charge in [-0.3, -0.25) is 13.8 Å². The lowest BCUT2D eigenvalue weighted by Crippen LogP contribution is -2.69. The van der Waals surface area contributed by atoms with Crippen LogP contribution in [0.15, 0.2) is 243 Å². The summed E-state index contributed by atoms with van der Waals surface area (Å²) >= 11 is 0. The minimum Gasteiger partial charge on any atom is -0.445 e. The number of rotatable bonds is 36. The minimum atomic E-state index is -5.19. The van der Waals surface area contributed by atoms with Gasteiger partial charge in [-0.25, -0.2) is 9.36 Å². The van der Waals surface area contributed by atoms with E-state index in [-0.39, 0.29) is 72.6 Å². The van der Waals surface area contributed by atoms with Gasteiger partial charge in [-0.1, -0.05) is 243 Å². The van der Waals surface area contributed by atoms with Crippen molar-refractivity contribution >= 4 is 19.8 Å². The van der Waals surface area contributed by atoms with Gasteiger partial charge in [0.05, 0.1) is 72.2 Å². The van der Waals surface area contributed by atoms with Crippen LogP contribution < -0.4 is 10.6 Å². The van der Waals surface area contributed by atoms with Gasteiger partial charge in [0, 0.05) is 13.5 Å². The lowest BCUT2D eigenvalue weighted by atomic mass is 9.94. The molecule has 2 amide bonds. The van der Waals surface area contributed by atoms with Crippen LogP contribution in [0, 0.1) is 0 Å². The molecule has 0 spiro atoms. The van der Waals surface area contributed by atoms with Gasteiger partial charge >= 0.3 is 13.9 Å². The molecule has 0 saturated carbocycles. The molecule has 4 N–H and O–H groups in total. The minimum absolute atomic E-state index is 0.00814. The maximum Gasteiger partial charge on any atom is 0.474 e. The molecule has 3 aliphatic rings. The average molecular weight is 1420 g/mol. The van der Waals surface area contributed by atoms with Gasteiger partial charge < -0.3 is 82.2 Å². The molecular formula is C79H89N2O20P. The molecule has 102 heavy (non-hydrogen) atoms. The summed E-state index contributed by atoms with van der Waals surface area (Å²) in [6, 6.07) is 74.3. The van der Waals surface area contributed by atoms with E-state index in [0.29, 0.717) is 0 Å². The van der Waals surface area contributed by atoms with Crippen molar-refractivity contribution in [3.63, 3.8) is 0 Å². The standard InChI is InChI=1S/C79H89N2O20P/c1-55-69(89-47-59-31-15-5-16-32-59)72(91-49-61-35-19-7-20-36-61)75(78(96-55)101-102(85,86)95-44-43-80-79(84)94-52-64-41-25-10-26-42-64)100-77-74(93-51-63-39-23-9-24-40-63)73(92-50-62-37-21-8-22-38-62)70(66(98-77)54-88-46-58-29-13-4-14-30-58)99-76-67(81-56(2)82)71(90-48-60-33-17-6-18-34-60)68(83)65(97-76)53-87-45-57-27-11-3-12-28-57/h3-42,55,65-78,83H,43-54H2,1-2H3,(H,80,84)(H,81,82)(H,85,86)/t55-,65+,66+,67-,68+,69-,70+,71+,72+,73-,74+,75+,76-,77+,78-/m0/s1. The Kier molecular flexibility index (Phi) is 28.8. The number of nitrogens with one attached hydrogen (secondary N) is 2. The molecular weight excluding hydrogens is 1330 g/mol. The van der Waals surface area contributed by atoms with Crippen molar-refractivity contribution < 1.29 is 94.8 Å². The van der Waals surface area contributed by atoms with Crippen molar-refractivity contribution in [1.82, 2.24) is 10.6 Å². The molecule has 0 aliphatic carbocycles. The monoisotopic (exact) mass is 1420 g/mol. The smallest absolute Gasteiger partial charge is 0.445 e. The lowest BCUT2D eigenvalue weighted by Gasteiger charge is -2.51. The third kappa shape index (κ3) is 22.8. The predicted octanol–water partition coefficient (Wildman–Crippen LogP) is 11.2. The number of carbonyl (C=O) groups excluding carboxylic acids is 2. The van der Waals surface area contributed by atoms with E-state index < -0.39 is 118 Å². The lowest BCUT2D eigenvalue weighted by molar-refractivity contribution is -0.387. The maximum atomic E-state index is 14.6. The Hall–Kier alpha value is -7.91. The van der Waals surface area contributed by atoms with Gasteiger partial charge in [-0.15, -0.1) is 0 Å². The first-order valence-corrected chi connectivity index (χ1v) is 35.7. The molecule has 3 saturated heterocycles. The van der Waals surface area contributed by atoms with Crippen molar-refractivity contribution in [2.45, 2.75) is 159 Å². The van der Waals surface area contributed by atoms with Gasteiger partial charge in [0.2, 0.25) is 5.91 Å². The van der Waals surface area contributed by atoms with E-state index in [9.17, 15) is 24.2 Å². The van der Waals surface area contributed by atoms with Crippen molar-refractivity contribution in [2.24, 2.45) is 0 Å². The maximum absolute atomic E-state index is 14.6. The topological polar surface area (TPSA) is 254 Å². The first kappa shape index (κ1) is 75.3. The molecule has 3 fully saturated rings. The summed E-state index contributed by atoms with van der Waals surface area (Å²) in [5, 5.41) is 18.0. The van der Waals surface area contributed by atoms with Gasteiger partial charge in [-0.05, 0) is 51.4 Å². The van der Waals surface area contributed by atoms with E-state index in [2.05, 4.69) is 10.6 Å². The van der Waals surface area contributed by atoms with E-state index in [4.69, 9.17) is 70.6 Å². The second kappa shape index (κ2) is 39.1. The predicted molar refractivity (Wildman–Crippen MR) is 374 cm³/mol. The van der Waals surface area contributed by atoms with Crippen LogP contribution in [0.25, 0.3) is 0 Å². The highest BCUT2D eigenvalue weighted by Gasteiger charge is 2.57. The van der Waals surface area contributed by atoms with Crippen LogP contribution in [0.3, 0.4) is 0 Å².